The minimum absolute atomic E-state index is 0.321. The molecule has 0 radical (unpaired) electrons. The summed E-state index contributed by atoms with van der Waals surface area (Å²) in [5.74, 6) is 1.56. The molecule has 1 amide bonds. The van der Waals surface area contributed by atoms with Crippen LogP contribution in [0.15, 0.2) is 24.3 Å². The molecule has 0 bridgehead atoms. The Bertz CT molecular complexity index is 442. The lowest BCUT2D eigenvalue weighted by Crippen LogP contribution is -2.43. The number of nitrogens with zero attached hydrogens (tertiary/aromatic N) is 1. The van der Waals surface area contributed by atoms with Gasteiger partial charge in [-0.1, -0.05) is 18.6 Å². The van der Waals surface area contributed by atoms with Crippen LogP contribution in [0.4, 0.5) is 0 Å². The lowest BCUT2D eigenvalue weighted by molar-refractivity contribution is -0.139. The Morgan fingerprint density at radius 1 is 1.05 bits per heavy atom. The number of carbonyl (C=O) groups is 1. The quantitative estimate of drug-likeness (QED) is 0.887. The predicted molar refractivity (Wildman–Crippen MR) is 74.0 cm³/mol. The van der Waals surface area contributed by atoms with Gasteiger partial charge >= 0.3 is 0 Å². The maximum atomic E-state index is 12.2. The summed E-state index contributed by atoms with van der Waals surface area (Å²) < 4.78 is 0. The third-order valence-corrected chi connectivity index (χ3v) is 4.63. The molecule has 3 rings (SSSR count). The number of carbonyl (C=O) groups excluding carboxylic acids is 1. The van der Waals surface area contributed by atoms with Gasteiger partial charge in [0.25, 0.3) is 0 Å². The third-order valence-electron chi connectivity index (χ3n) is 4.63. The Balaban J connectivity index is 1.56. The van der Waals surface area contributed by atoms with Gasteiger partial charge in [-0.3, -0.25) is 4.79 Å². The van der Waals surface area contributed by atoms with E-state index in [4.69, 9.17) is 0 Å². The molecular weight excluding hydrogens is 238 g/mol. The summed E-state index contributed by atoms with van der Waals surface area (Å²) in [4.78, 5) is 14.2. The fraction of sp³-hybridized carbons (Fsp3) is 0.562. The van der Waals surface area contributed by atoms with E-state index in [-0.39, 0.29) is 0 Å². The van der Waals surface area contributed by atoms with Crippen LogP contribution in [-0.2, 0) is 4.79 Å². The number of amides is 1. The van der Waals surface area contributed by atoms with E-state index in [9.17, 15) is 9.90 Å². The molecule has 2 aliphatic rings. The third kappa shape index (κ3) is 2.60. The summed E-state index contributed by atoms with van der Waals surface area (Å²) >= 11 is 0. The summed E-state index contributed by atoms with van der Waals surface area (Å²) in [6, 6.07) is 7.51. The molecule has 1 aliphatic carbocycles. The maximum Gasteiger partial charge on any atom is 0.225 e. The van der Waals surface area contributed by atoms with Crippen molar-refractivity contribution < 1.29 is 9.90 Å². The van der Waals surface area contributed by atoms with Crippen molar-refractivity contribution in [2.45, 2.75) is 38.0 Å². The van der Waals surface area contributed by atoms with Gasteiger partial charge in [0.1, 0.15) is 5.75 Å². The summed E-state index contributed by atoms with van der Waals surface area (Å²) in [5.41, 5.74) is 1.29. The molecular formula is C16H21NO2. The molecule has 1 saturated carbocycles. The van der Waals surface area contributed by atoms with Crippen LogP contribution < -0.4 is 0 Å². The molecule has 19 heavy (non-hydrogen) atoms. The van der Waals surface area contributed by atoms with Gasteiger partial charge in [-0.25, -0.2) is 0 Å². The van der Waals surface area contributed by atoms with Gasteiger partial charge in [0.05, 0.1) is 0 Å². The summed E-state index contributed by atoms with van der Waals surface area (Å²) in [6.07, 6.45) is 5.50. The number of benzene rings is 1. The van der Waals surface area contributed by atoms with Crippen molar-refractivity contribution in [3.63, 3.8) is 0 Å². The van der Waals surface area contributed by atoms with E-state index in [0.29, 0.717) is 23.5 Å². The normalized spacial score (nSPS) is 21.2. The fourth-order valence-electron chi connectivity index (χ4n) is 3.09. The van der Waals surface area contributed by atoms with Gasteiger partial charge < -0.3 is 10.0 Å². The van der Waals surface area contributed by atoms with Crippen molar-refractivity contribution in [1.29, 1.82) is 0 Å². The van der Waals surface area contributed by atoms with Gasteiger partial charge in [-0.05, 0) is 49.3 Å². The van der Waals surface area contributed by atoms with Crippen molar-refractivity contribution >= 4 is 5.91 Å². The predicted octanol–water partition coefficient (Wildman–Crippen LogP) is 2.90. The smallest absolute Gasteiger partial charge is 0.225 e. The highest BCUT2D eigenvalue weighted by molar-refractivity contribution is 5.79. The van der Waals surface area contributed by atoms with Crippen molar-refractivity contribution in [1.82, 2.24) is 4.90 Å². The van der Waals surface area contributed by atoms with Crippen LogP contribution in [0, 0.1) is 5.92 Å². The first-order chi connectivity index (χ1) is 9.24. The molecule has 0 unspecified atom stereocenters. The molecule has 0 atom stereocenters. The Labute approximate surface area is 114 Å². The van der Waals surface area contributed by atoms with Crippen LogP contribution >= 0.6 is 0 Å². The molecule has 2 fully saturated rings. The average molecular weight is 259 g/mol. The molecule has 0 aromatic heterocycles. The second-order valence-corrected chi connectivity index (χ2v) is 5.82. The molecule has 1 aromatic rings. The highest BCUT2D eigenvalue weighted by atomic mass is 16.3. The molecule has 1 heterocycles. The molecule has 1 N–H and O–H groups in total. The molecule has 1 aromatic carbocycles. The highest BCUT2D eigenvalue weighted by Crippen LogP contribution is 2.33. The van der Waals surface area contributed by atoms with Crippen LogP contribution in [0.5, 0.6) is 5.75 Å². The van der Waals surface area contributed by atoms with Crippen molar-refractivity contribution in [3.05, 3.63) is 29.8 Å². The van der Waals surface area contributed by atoms with Gasteiger partial charge in [-0.2, -0.15) is 0 Å². The zero-order valence-electron chi connectivity index (χ0n) is 11.2. The van der Waals surface area contributed by atoms with Crippen LogP contribution in [-0.4, -0.2) is 29.0 Å². The van der Waals surface area contributed by atoms with E-state index in [1.165, 1.54) is 12.0 Å². The largest absolute Gasteiger partial charge is 0.508 e. The molecule has 1 aliphatic heterocycles. The number of rotatable bonds is 2. The standard InChI is InChI=1S/C16H21NO2/c18-15-6-4-12(5-7-15)13-8-10-17(11-9-13)16(19)14-2-1-3-14/h4-7,13-14,18H,1-3,8-11H2. The van der Waals surface area contributed by atoms with Crippen LogP contribution in [0.2, 0.25) is 0 Å². The van der Waals surface area contributed by atoms with Crippen molar-refractivity contribution in [2.75, 3.05) is 13.1 Å². The number of phenols is 1. The maximum absolute atomic E-state index is 12.2. The molecule has 3 nitrogen and oxygen atoms in total. The SMILES string of the molecule is O=C(C1CCC1)N1CCC(c2ccc(O)cc2)CC1. The molecule has 3 heteroatoms. The van der Waals surface area contributed by atoms with E-state index in [1.54, 1.807) is 12.1 Å². The minimum atomic E-state index is 0.321. The molecule has 1 saturated heterocycles. The summed E-state index contributed by atoms with van der Waals surface area (Å²) in [6.45, 7) is 1.78. The Hall–Kier alpha value is -1.51. The first-order valence-corrected chi connectivity index (χ1v) is 7.32. The first-order valence-electron chi connectivity index (χ1n) is 7.32. The Morgan fingerprint density at radius 3 is 2.21 bits per heavy atom. The number of likely N-dealkylation sites (tertiary alicyclic amines) is 1. The second-order valence-electron chi connectivity index (χ2n) is 5.82. The monoisotopic (exact) mass is 259 g/mol. The average Bonchev–Trinajstić information content (AvgIpc) is 2.38. The Morgan fingerprint density at radius 2 is 1.68 bits per heavy atom. The Kier molecular flexibility index (Phi) is 3.45. The topological polar surface area (TPSA) is 40.5 Å². The van der Waals surface area contributed by atoms with E-state index in [1.807, 2.05) is 12.1 Å². The first kappa shape index (κ1) is 12.5. The number of hydrogen-bond acceptors (Lipinski definition) is 2. The zero-order chi connectivity index (χ0) is 13.2. The van der Waals surface area contributed by atoms with Gasteiger partial charge in [0.15, 0.2) is 0 Å². The fourth-order valence-corrected chi connectivity index (χ4v) is 3.09. The van der Waals surface area contributed by atoms with Gasteiger partial charge in [0.2, 0.25) is 5.91 Å². The van der Waals surface area contributed by atoms with E-state index < -0.39 is 0 Å². The number of aromatic hydroxyl groups is 1. The van der Waals surface area contributed by atoms with Crippen LogP contribution in [0.1, 0.15) is 43.6 Å². The number of hydrogen-bond donors (Lipinski definition) is 1. The summed E-state index contributed by atoms with van der Waals surface area (Å²) in [7, 11) is 0. The number of phenolic OH excluding ortho intramolecular Hbond substituents is 1. The molecule has 0 spiro atoms. The lowest BCUT2D eigenvalue weighted by Gasteiger charge is -2.36. The van der Waals surface area contributed by atoms with Crippen molar-refractivity contribution in [2.24, 2.45) is 5.92 Å². The van der Waals surface area contributed by atoms with E-state index >= 15 is 0 Å². The minimum Gasteiger partial charge on any atom is -0.508 e. The van der Waals surface area contributed by atoms with Gasteiger partial charge in [-0.15, -0.1) is 0 Å². The zero-order valence-corrected chi connectivity index (χ0v) is 11.2. The summed E-state index contributed by atoms with van der Waals surface area (Å²) in [5, 5.41) is 9.31. The lowest BCUT2D eigenvalue weighted by atomic mass is 9.83. The second kappa shape index (κ2) is 5.24. The highest BCUT2D eigenvalue weighted by Gasteiger charge is 2.31. The van der Waals surface area contributed by atoms with E-state index in [2.05, 4.69) is 4.90 Å². The van der Waals surface area contributed by atoms with Crippen molar-refractivity contribution in [3.8, 4) is 5.75 Å². The molecule has 102 valence electrons. The van der Waals surface area contributed by atoms with Gasteiger partial charge in [0, 0.05) is 19.0 Å². The van der Waals surface area contributed by atoms with Crippen LogP contribution in [0.25, 0.3) is 0 Å². The van der Waals surface area contributed by atoms with Crippen LogP contribution in [0.3, 0.4) is 0 Å². The van der Waals surface area contributed by atoms with E-state index in [0.717, 1.165) is 38.8 Å². The number of piperidine rings is 1.